The number of carbonyl (C=O) groups excluding carboxylic acids is 1. The highest BCUT2D eigenvalue weighted by Gasteiger charge is 2.32. The normalized spacial score (nSPS) is 22.6. The molecule has 0 aromatic carbocycles. The van der Waals surface area contributed by atoms with Crippen LogP contribution in [0.25, 0.3) is 0 Å². The van der Waals surface area contributed by atoms with E-state index in [1.54, 1.807) is 11.8 Å². The van der Waals surface area contributed by atoms with Crippen LogP contribution in [0.5, 0.6) is 0 Å². The summed E-state index contributed by atoms with van der Waals surface area (Å²) in [4.78, 5) is 14.1. The van der Waals surface area contributed by atoms with Gasteiger partial charge in [0, 0.05) is 20.1 Å². The summed E-state index contributed by atoms with van der Waals surface area (Å²) in [5, 5.41) is 3.66. The first kappa shape index (κ1) is 17.9. The molecule has 9 heteroatoms. The van der Waals surface area contributed by atoms with Gasteiger partial charge >= 0.3 is 0 Å². The van der Waals surface area contributed by atoms with Crippen molar-refractivity contribution in [3.8, 4) is 0 Å². The van der Waals surface area contributed by atoms with E-state index < -0.39 is 10.0 Å². The molecule has 0 radical (unpaired) electrons. The fraction of sp³-hybridized carbons (Fsp3) is 0.714. The topological polar surface area (TPSA) is 93.0 Å². The van der Waals surface area contributed by atoms with Gasteiger partial charge < -0.3 is 14.2 Å². The minimum absolute atomic E-state index is 0.0245. The fourth-order valence-corrected chi connectivity index (χ4v) is 4.16. The number of nitrogens with zero attached hydrogens (tertiary/aromatic N) is 3. The quantitative estimate of drug-likeness (QED) is 0.791. The molecule has 1 saturated heterocycles. The number of carbonyl (C=O) groups is 1. The SMILES string of the molecule is Cc1noc(C)c1S(=O)(=O)N(C)CC(=O)N1CC(C)OC(C)C1. The van der Waals surface area contributed by atoms with Crippen molar-refractivity contribution in [3.63, 3.8) is 0 Å². The monoisotopic (exact) mass is 345 g/mol. The maximum Gasteiger partial charge on any atom is 0.248 e. The molecule has 1 aromatic rings. The number of amides is 1. The zero-order valence-electron chi connectivity index (χ0n) is 14.1. The molecule has 2 unspecified atom stereocenters. The lowest BCUT2D eigenvalue weighted by Crippen LogP contribution is -2.51. The summed E-state index contributed by atoms with van der Waals surface area (Å²) in [6, 6.07) is 0. The Morgan fingerprint density at radius 1 is 1.30 bits per heavy atom. The molecule has 0 spiro atoms. The van der Waals surface area contributed by atoms with E-state index in [1.165, 1.54) is 14.0 Å². The molecule has 1 aliphatic rings. The largest absolute Gasteiger partial charge is 0.372 e. The molecule has 0 saturated carbocycles. The Bertz CT molecular complexity index is 655. The highest BCUT2D eigenvalue weighted by molar-refractivity contribution is 7.89. The lowest BCUT2D eigenvalue weighted by molar-refractivity contribution is -0.143. The Kier molecular flexibility index (Phi) is 5.12. The van der Waals surface area contributed by atoms with E-state index in [1.807, 2.05) is 13.8 Å². The second-order valence-corrected chi connectivity index (χ2v) is 7.95. The van der Waals surface area contributed by atoms with Gasteiger partial charge in [-0.1, -0.05) is 5.16 Å². The van der Waals surface area contributed by atoms with Crippen LogP contribution in [-0.4, -0.2) is 67.6 Å². The van der Waals surface area contributed by atoms with Crippen molar-refractivity contribution in [1.82, 2.24) is 14.4 Å². The molecule has 130 valence electrons. The summed E-state index contributed by atoms with van der Waals surface area (Å²) in [6.45, 7) is 7.56. The second-order valence-electron chi connectivity index (χ2n) is 5.97. The lowest BCUT2D eigenvalue weighted by Gasteiger charge is -2.36. The first-order chi connectivity index (χ1) is 10.6. The van der Waals surface area contributed by atoms with E-state index in [-0.39, 0.29) is 41.0 Å². The molecule has 8 nitrogen and oxygen atoms in total. The summed E-state index contributed by atoms with van der Waals surface area (Å²) in [5.41, 5.74) is 0.287. The van der Waals surface area contributed by atoms with Crippen LogP contribution in [0.15, 0.2) is 9.42 Å². The molecule has 2 heterocycles. The zero-order chi connectivity index (χ0) is 17.4. The van der Waals surface area contributed by atoms with Crippen LogP contribution < -0.4 is 0 Å². The van der Waals surface area contributed by atoms with Crippen molar-refractivity contribution < 1.29 is 22.5 Å². The van der Waals surface area contributed by atoms with E-state index >= 15 is 0 Å². The Labute approximate surface area is 136 Å². The van der Waals surface area contributed by atoms with Crippen LogP contribution in [0, 0.1) is 13.8 Å². The third-order valence-electron chi connectivity index (χ3n) is 3.77. The number of ether oxygens (including phenoxy) is 1. The van der Waals surface area contributed by atoms with Crippen molar-refractivity contribution in [2.45, 2.75) is 44.8 Å². The van der Waals surface area contributed by atoms with Gasteiger partial charge in [-0.3, -0.25) is 4.79 Å². The molecule has 0 N–H and O–H groups in total. The minimum atomic E-state index is -3.82. The Morgan fingerprint density at radius 2 is 1.87 bits per heavy atom. The van der Waals surface area contributed by atoms with Gasteiger partial charge in [0.25, 0.3) is 0 Å². The number of sulfonamides is 1. The number of morpholine rings is 1. The molecule has 1 amide bonds. The van der Waals surface area contributed by atoms with Crippen LogP contribution in [0.4, 0.5) is 0 Å². The Balaban J connectivity index is 2.12. The summed E-state index contributed by atoms with van der Waals surface area (Å²) in [6.07, 6.45) is -0.126. The van der Waals surface area contributed by atoms with Crippen molar-refractivity contribution in [3.05, 3.63) is 11.5 Å². The molecule has 23 heavy (non-hydrogen) atoms. The van der Waals surface area contributed by atoms with Crippen LogP contribution in [-0.2, 0) is 19.6 Å². The molecule has 0 bridgehead atoms. The first-order valence-corrected chi connectivity index (χ1v) is 8.89. The van der Waals surface area contributed by atoms with E-state index in [9.17, 15) is 13.2 Å². The van der Waals surface area contributed by atoms with Gasteiger partial charge in [0.1, 0.15) is 10.6 Å². The number of hydrogen-bond acceptors (Lipinski definition) is 6. The fourth-order valence-electron chi connectivity index (χ4n) is 2.76. The van der Waals surface area contributed by atoms with Gasteiger partial charge in [0.2, 0.25) is 15.9 Å². The van der Waals surface area contributed by atoms with Crippen molar-refractivity contribution in [2.75, 3.05) is 26.7 Å². The smallest absolute Gasteiger partial charge is 0.248 e. The van der Waals surface area contributed by atoms with Gasteiger partial charge in [0.15, 0.2) is 5.76 Å². The summed E-state index contributed by atoms with van der Waals surface area (Å²) in [5.74, 6) is -0.0275. The Morgan fingerprint density at radius 3 is 2.35 bits per heavy atom. The summed E-state index contributed by atoms with van der Waals surface area (Å²) >= 11 is 0. The number of aromatic nitrogens is 1. The predicted octanol–water partition coefficient (Wildman–Crippen LogP) is 0.548. The van der Waals surface area contributed by atoms with E-state index in [0.717, 1.165) is 4.31 Å². The average molecular weight is 345 g/mol. The van der Waals surface area contributed by atoms with Crippen molar-refractivity contribution in [1.29, 1.82) is 0 Å². The molecular formula is C14H23N3O5S. The zero-order valence-corrected chi connectivity index (χ0v) is 14.9. The van der Waals surface area contributed by atoms with E-state index in [0.29, 0.717) is 13.1 Å². The van der Waals surface area contributed by atoms with Crippen molar-refractivity contribution >= 4 is 15.9 Å². The van der Waals surface area contributed by atoms with Gasteiger partial charge in [-0.25, -0.2) is 8.42 Å². The standard InChI is InChI=1S/C14H23N3O5S/c1-9-6-17(7-10(2)21-9)13(18)8-16(5)23(19,20)14-11(3)15-22-12(14)4/h9-10H,6-8H2,1-5H3. The molecule has 2 rings (SSSR count). The van der Waals surface area contributed by atoms with Gasteiger partial charge in [-0.15, -0.1) is 0 Å². The van der Waals surface area contributed by atoms with Crippen LogP contribution >= 0.6 is 0 Å². The first-order valence-electron chi connectivity index (χ1n) is 7.45. The Hall–Kier alpha value is -1.45. The van der Waals surface area contributed by atoms with Gasteiger partial charge in [0.05, 0.1) is 18.8 Å². The average Bonchev–Trinajstić information content (AvgIpc) is 2.77. The number of rotatable bonds is 4. The molecule has 1 aromatic heterocycles. The summed E-state index contributed by atoms with van der Waals surface area (Å²) < 4.78 is 36.8. The lowest BCUT2D eigenvalue weighted by atomic mass is 10.2. The number of hydrogen-bond donors (Lipinski definition) is 0. The molecule has 2 atom stereocenters. The predicted molar refractivity (Wildman–Crippen MR) is 82.4 cm³/mol. The molecule has 1 fully saturated rings. The van der Waals surface area contributed by atoms with Crippen LogP contribution in [0.1, 0.15) is 25.3 Å². The van der Waals surface area contributed by atoms with Gasteiger partial charge in [-0.2, -0.15) is 4.31 Å². The maximum atomic E-state index is 12.6. The second kappa shape index (κ2) is 6.58. The maximum absolute atomic E-state index is 12.6. The number of aryl methyl sites for hydroxylation is 2. The molecule has 0 aliphatic carbocycles. The number of likely N-dealkylation sites (N-methyl/N-ethyl adjacent to an activating group) is 1. The van der Waals surface area contributed by atoms with Gasteiger partial charge in [-0.05, 0) is 27.7 Å². The highest BCUT2D eigenvalue weighted by atomic mass is 32.2. The third kappa shape index (κ3) is 3.73. The van der Waals surface area contributed by atoms with Crippen molar-refractivity contribution in [2.24, 2.45) is 0 Å². The third-order valence-corrected chi connectivity index (χ3v) is 5.81. The van der Waals surface area contributed by atoms with Crippen LogP contribution in [0.3, 0.4) is 0 Å². The summed E-state index contributed by atoms with van der Waals surface area (Å²) in [7, 11) is -2.44. The van der Waals surface area contributed by atoms with Crippen LogP contribution in [0.2, 0.25) is 0 Å². The van der Waals surface area contributed by atoms with E-state index in [2.05, 4.69) is 5.16 Å². The van der Waals surface area contributed by atoms with E-state index in [4.69, 9.17) is 9.26 Å². The molecular weight excluding hydrogens is 322 g/mol. The molecule has 1 aliphatic heterocycles. The minimum Gasteiger partial charge on any atom is -0.372 e. The highest BCUT2D eigenvalue weighted by Crippen LogP contribution is 2.22.